The van der Waals surface area contributed by atoms with E-state index in [1.807, 2.05) is 0 Å². The van der Waals surface area contributed by atoms with Gasteiger partial charge in [-0.2, -0.15) is 0 Å². The van der Waals surface area contributed by atoms with E-state index in [9.17, 15) is 28.0 Å². The number of Topliss-reactive ketones (excluding diaryl/α,β-unsaturated/α-hetero) is 1. The van der Waals surface area contributed by atoms with Crippen molar-refractivity contribution in [3.63, 3.8) is 0 Å². The molecule has 0 aliphatic carbocycles. The van der Waals surface area contributed by atoms with Crippen molar-refractivity contribution < 1.29 is 32.7 Å². The number of nitrogens with two attached hydrogens (primary N) is 1. The number of fused-ring (bicyclic) bond motifs is 1. The number of carbonyl (C=O) groups is 4. The zero-order chi connectivity index (χ0) is 32.6. The van der Waals surface area contributed by atoms with Crippen molar-refractivity contribution in [1.29, 1.82) is 0 Å². The molecule has 0 bridgehead atoms. The number of hydrogen-bond donors (Lipinski definition) is 3. The van der Waals surface area contributed by atoms with E-state index in [0.717, 1.165) is 4.90 Å². The number of carbonyl (C=O) groups excluding carboxylic acids is 4. The molecule has 1 aliphatic heterocycles. The van der Waals surface area contributed by atoms with E-state index in [-0.39, 0.29) is 29.6 Å². The first kappa shape index (κ1) is 34.1. The summed E-state index contributed by atoms with van der Waals surface area (Å²) in [4.78, 5) is 62.2. The number of hydrogen-bond acceptors (Lipinski definition) is 7. The molecule has 14 heteroatoms. The third kappa shape index (κ3) is 9.32. The van der Waals surface area contributed by atoms with Crippen LogP contribution in [0.15, 0.2) is 35.5 Å². The van der Waals surface area contributed by atoms with Gasteiger partial charge in [0.25, 0.3) is 17.7 Å². The normalized spacial score (nSPS) is 17.0. The van der Waals surface area contributed by atoms with Gasteiger partial charge in [0.15, 0.2) is 18.3 Å². The van der Waals surface area contributed by atoms with Crippen molar-refractivity contribution in [2.24, 2.45) is 16.6 Å². The Morgan fingerprint density at radius 2 is 1.95 bits per heavy atom. The molecule has 3 rings (SSSR count). The van der Waals surface area contributed by atoms with Gasteiger partial charge in [0.2, 0.25) is 5.91 Å². The highest BCUT2D eigenvalue weighted by molar-refractivity contribution is 6.07. The highest BCUT2D eigenvalue weighted by atomic mass is 19.3. The molecule has 1 saturated heterocycles. The summed E-state index contributed by atoms with van der Waals surface area (Å²) < 4.78 is 33.0. The molecule has 12 nitrogen and oxygen atoms in total. The molecule has 240 valence electrons. The van der Waals surface area contributed by atoms with Crippen LogP contribution in [0.2, 0.25) is 0 Å². The number of pyridine rings is 1. The van der Waals surface area contributed by atoms with Crippen molar-refractivity contribution in [3.05, 3.63) is 36.0 Å². The van der Waals surface area contributed by atoms with E-state index >= 15 is 0 Å². The summed E-state index contributed by atoms with van der Waals surface area (Å²) in [6.07, 6.45) is 1.94. The second-order valence-corrected chi connectivity index (χ2v) is 11.4. The number of ether oxygens (including phenoxy) is 1. The smallest absolute Gasteiger partial charge is 0.267 e. The topological polar surface area (TPSA) is 159 Å². The lowest BCUT2D eigenvalue weighted by Gasteiger charge is -2.21. The van der Waals surface area contributed by atoms with E-state index in [2.05, 4.69) is 20.6 Å². The Bertz CT molecular complexity index is 1400. The first-order chi connectivity index (χ1) is 20.7. The molecule has 0 saturated carbocycles. The van der Waals surface area contributed by atoms with Crippen molar-refractivity contribution in [3.8, 4) is 5.75 Å². The van der Waals surface area contributed by atoms with E-state index in [0.29, 0.717) is 36.2 Å². The number of amides is 3. The van der Waals surface area contributed by atoms with Crippen molar-refractivity contribution in [2.45, 2.75) is 58.0 Å². The summed E-state index contributed by atoms with van der Waals surface area (Å²) in [5.74, 6) is -4.39. The number of aromatic nitrogens is 1. The number of nitrogens with one attached hydrogen (secondary N) is 2. The number of benzene rings is 1. The minimum atomic E-state index is -2.95. The van der Waals surface area contributed by atoms with Crippen molar-refractivity contribution in [1.82, 2.24) is 25.4 Å². The lowest BCUT2D eigenvalue weighted by atomic mass is 9.98. The summed E-state index contributed by atoms with van der Waals surface area (Å²) in [6.45, 7) is 3.97. The molecule has 1 fully saturated rings. The van der Waals surface area contributed by atoms with Gasteiger partial charge in [-0.05, 0) is 44.0 Å². The maximum absolute atomic E-state index is 13.7. The molecule has 2 heterocycles. The SMILES string of the molecule is CC(C)C(=O)[C@H](CCCN=C(N)N(C)C)NC(=O)COc1ccc2nccc(C(=O)NCC(=O)N3CC(F)(F)C[C@H]3C)c2c1. The molecule has 0 spiro atoms. The second kappa shape index (κ2) is 14.9. The Hall–Kier alpha value is -4.36. The number of alkyl halides is 2. The Morgan fingerprint density at radius 1 is 1.23 bits per heavy atom. The summed E-state index contributed by atoms with van der Waals surface area (Å²) in [7, 11) is 3.55. The Labute approximate surface area is 255 Å². The fourth-order valence-corrected chi connectivity index (χ4v) is 4.82. The van der Waals surface area contributed by atoms with Gasteiger partial charge in [0.1, 0.15) is 5.75 Å². The zero-order valence-corrected chi connectivity index (χ0v) is 25.7. The third-order valence-electron chi connectivity index (χ3n) is 7.21. The number of nitrogens with zero attached hydrogens (tertiary/aromatic N) is 4. The predicted molar refractivity (Wildman–Crippen MR) is 161 cm³/mol. The zero-order valence-electron chi connectivity index (χ0n) is 25.7. The van der Waals surface area contributed by atoms with Gasteiger partial charge in [0, 0.05) is 50.6 Å². The standard InChI is InChI=1S/C30H41F2N7O5/c1-18(2)27(42)24(7-6-11-35-29(33)38(4)5)37-25(40)16-44-20-8-9-23-22(13-20)21(10-12-34-23)28(43)36-15-26(41)39-17-30(31,32)14-19(39)3/h8-10,12-13,18-19,24H,6-7,11,14-17H2,1-5H3,(H2,33,35)(H,36,43)(H,37,40)/t19-,24+/m1/s1. The van der Waals surface area contributed by atoms with Gasteiger partial charge in [-0.1, -0.05) is 13.8 Å². The molecule has 4 N–H and O–H groups in total. The molecular formula is C30H41F2N7O5. The van der Waals surface area contributed by atoms with Gasteiger partial charge in [-0.25, -0.2) is 8.78 Å². The molecule has 44 heavy (non-hydrogen) atoms. The second-order valence-electron chi connectivity index (χ2n) is 11.4. The first-order valence-electron chi connectivity index (χ1n) is 14.5. The Kier molecular flexibility index (Phi) is 11.5. The highest BCUT2D eigenvalue weighted by Crippen LogP contribution is 2.31. The van der Waals surface area contributed by atoms with Crippen LogP contribution in [0.5, 0.6) is 5.75 Å². The molecule has 3 amide bonds. The van der Waals surface area contributed by atoms with Crippen molar-refractivity contribution >= 4 is 40.4 Å². The number of ketones is 1. The van der Waals surface area contributed by atoms with Crippen LogP contribution < -0.4 is 21.1 Å². The Morgan fingerprint density at radius 3 is 2.59 bits per heavy atom. The average molecular weight is 618 g/mol. The quantitative estimate of drug-likeness (QED) is 0.175. The Balaban J connectivity index is 1.61. The maximum Gasteiger partial charge on any atom is 0.267 e. The van der Waals surface area contributed by atoms with Gasteiger partial charge < -0.3 is 30.9 Å². The molecule has 0 radical (unpaired) electrons. The highest BCUT2D eigenvalue weighted by Gasteiger charge is 2.44. The fraction of sp³-hybridized carbons (Fsp3) is 0.533. The predicted octanol–water partition coefficient (Wildman–Crippen LogP) is 1.97. The van der Waals surface area contributed by atoms with Gasteiger partial charge >= 0.3 is 0 Å². The molecule has 0 unspecified atom stereocenters. The van der Waals surface area contributed by atoms with E-state index in [1.54, 1.807) is 58.0 Å². The average Bonchev–Trinajstić information content (AvgIpc) is 3.26. The summed E-state index contributed by atoms with van der Waals surface area (Å²) in [5.41, 5.74) is 6.46. The summed E-state index contributed by atoms with van der Waals surface area (Å²) in [5, 5.41) is 5.65. The summed E-state index contributed by atoms with van der Waals surface area (Å²) in [6, 6.07) is 4.86. The molecule has 2 atom stereocenters. The van der Waals surface area contributed by atoms with E-state index in [1.165, 1.54) is 12.3 Å². The largest absolute Gasteiger partial charge is 0.484 e. The van der Waals surface area contributed by atoms with Crippen LogP contribution in [0.3, 0.4) is 0 Å². The monoisotopic (exact) mass is 617 g/mol. The van der Waals surface area contributed by atoms with Gasteiger partial charge in [-0.3, -0.25) is 29.2 Å². The minimum Gasteiger partial charge on any atom is -0.484 e. The van der Waals surface area contributed by atoms with Crippen LogP contribution in [-0.4, -0.2) is 103 Å². The number of rotatable bonds is 13. The number of aliphatic imine (C=N–C) groups is 1. The van der Waals surface area contributed by atoms with Gasteiger partial charge in [-0.15, -0.1) is 0 Å². The molecular weight excluding hydrogens is 576 g/mol. The third-order valence-corrected chi connectivity index (χ3v) is 7.21. The molecule has 1 aromatic carbocycles. The maximum atomic E-state index is 13.7. The first-order valence-corrected chi connectivity index (χ1v) is 14.5. The minimum absolute atomic E-state index is 0.110. The van der Waals surface area contributed by atoms with Crippen LogP contribution in [-0.2, 0) is 14.4 Å². The fourth-order valence-electron chi connectivity index (χ4n) is 4.82. The number of guanidine groups is 1. The summed E-state index contributed by atoms with van der Waals surface area (Å²) >= 11 is 0. The lowest BCUT2D eigenvalue weighted by molar-refractivity contribution is -0.131. The van der Waals surface area contributed by atoms with Crippen LogP contribution in [0.25, 0.3) is 10.9 Å². The molecule has 1 aromatic heterocycles. The lowest BCUT2D eigenvalue weighted by Crippen LogP contribution is -2.44. The number of likely N-dealkylation sites (tertiary alicyclic amines) is 1. The van der Waals surface area contributed by atoms with Crippen LogP contribution in [0.1, 0.15) is 50.4 Å². The van der Waals surface area contributed by atoms with Gasteiger partial charge in [0.05, 0.1) is 30.2 Å². The molecule has 1 aliphatic rings. The number of halogens is 2. The van der Waals surface area contributed by atoms with Crippen LogP contribution in [0.4, 0.5) is 8.78 Å². The molecule has 2 aromatic rings. The van der Waals surface area contributed by atoms with Crippen LogP contribution in [0, 0.1) is 5.92 Å². The van der Waals surface area contributed by atoms with E-state index in [4.69, 9.17) is 10.5 Å². The van der Waals surface area contributed by atoms with E-state index < -0.39 is 55.2 Å². The van der Waals surface area contributed by atoms with Crippen molar-refractivity contribution in [2.75, 3.05) is 40.3 Å². The van der Waals surface area contributed by atoms with Crippen LogP contribution >= 0.6 is 0 Å².